The summed E-state index contributed by atoms with van der Waals surface area (Å²) in [5.74, 6) is 1.83. The molecule has 0 bridgehead atoms. The lowest BCUT2D eigenvalue weighted by molar-refractivity contribution is 0.458. The molecule has 0 saturated carbocycles. The van der Waals surface area contributed by atoms with Gasteiger partial charge in [0.05, 0.1) is 6.20 Å². The highest BCUT2D eigenvalue weighted by atomic mass is 16.3. The minimum absolute atomic E-state index is 0.904. The summed E-state index contributed by atoms with van der Waals surface area (Å²) in [7, 11) is 0. The lowest BCUT2D eigenvalue weighted by Gasteiger charge is -1.99. The van der Waals surface area contributed by atoms with Crippen LogP contribution in [0.25, 0.3) is 0 Å². The largest absolute Gasteiger partial charge is 0.446 e. The predicted octanol–water partition coefficient (Wildman–Crippen LogP) is 4.28. The fourth-order valence-electron chi connectivity index (χ4n) is 1.75. The molecule has 1 rings (SSSR count). The molecule has 2 heteroatoms. The zero-order valence-electron chi connectivity index (χ0n) is 10.1. The first kappa shape index (κ1) is 12.3. The van der Waals surface area contributed by atoms with Crippen LogP contribution >= 0.6 is 0 Å². The van der Waals surface area contributed by atoms with E-state index in [1.807, 2.05) is 6.92 Å². The molecule has 1 aromatic rings. The highest BCUT2D eigenvalue weighted by molar-refractivity contribution is 4.90. The average Bonchev–Trinajstić information content (AvgIpc) is 2.63. The van der Waals surface area contributed by atoms with Gasteiger partial charge in [-0.05, 0) is 13.3 Å². The fourth-order valence-corrected chi connectivity index (χ4v) is 1.75. The van der Waals surface area contributed by atoms with Crippen LogP contribution in [0.4, 0.5) is 0 Å². The smallest absolute Gasteiger partial charge is 0.194 e. The standard InChI is InChI=1S/C13H23NO/c1-3-4-5-6-7-8-9-10-13-14-11-12(2)15-13/h11H,3-10H2,1-2H3. The summed E-state index contributed by atoms with van der Waals surface area (Å²) in [5, 5.41) is 0. The van der Waals surface area contributed by atoms with Gasteiger partial charge in [0.15, 0.2) is 5.89 Å². The minimum Gasteiger partial charge on any atom is -0.446 e. The van der Waals surface area contributed by atoms with E-state index in [0.717, 1.165) is 18.1 Å². The zero-order valence-corrected chi connectivity index (χ0v) is 10.1. The second kappa shape index (κ2) is 7.49. The Morgan fingerprint density at radius 2 is 1.73 bits per heavy atom. The van der Waals surface area contributed by atoms with Crippen molar-refractivity contribution in [1.29, 1.82) is 0 Å². The Balaban J connectivity index is 1.93. The van der Waals surface area contributed by atoms with E-state index in [4.69, 9.17) is 4.42 Å². The maximum Gasteiger partial charge on any atom is 0.194 e. The van der Waals surface area contributed by atoms with Crippen molar-refractivity contribution >= 4 is 0 Å². The van der Waals surface area contributed by atoms with Gasteiger partial charge in [-0.3, -0.25) is 0 Å². The van der Waals surface area contributed by atoms with Gasteiger partial charge >= 0.3 is 0 Å². The van der Waals surface area contributed by atoms with Crippen molar-refractivity contribution < 1.29 is 4.42 Å². The quantitative estimate of drug-likeness (QED) is 0.597. The number of aromatic nitrogens is 1. The number of hydrogen-bond acceptors (Lipinski definition) is 2. The van der Waals surface area contributed by atoms with Gasteiger partial charge in [-0.1, -0.05) is 45.4 Å². The van der Waals surface area contributed by atoms with E-state index in [1.54, 1.807) is 6.20 Å². The molecule has 0 atom stereocenters. The van der Waals surface area contributed by atoms with E-state index in [1.165, 1.54) is 44.9 Å². The first-order chi connectivity index (χ1) is 7.33. The lowest BCUT2D eigenvalue weighted by Crippen LogP contribution is -1.86. The van der Waals surface area contributed by atoms with Gasteiger partial charge in [-0.25, -0.2) is 4.98 Å². The van der Waals surface area contributed by atoms with Crippen LogP contribution < -0.4 is 0 Å². The molecular weight excluding hydrogens is 186 g/mol. The average molecular weight is 209 g/mol. The van der Waals surface area contributed by atoms with Crippen molar-refractivity contribution in [3.8, 4) is 0 Å². The molecule has 0 fully saturated rings. The topological polar surface area (TPSA) is 26.0 Å². The molecule has 0 aliphatic rings. The summed E-state index contributed by atoms with van der Waals surface area (Å²) >= 11 is 0. The van der Waals surface area contributed by atoms with Gasteiger partial charge in [0.1, 0.15) is 5.76 Å². The van der Waals surface area contributed by atoms with Gasteiger partial charge in [-0.2, -0.15) is 0 Å². The first-order valence-corrected chi connectivity index (χ1v) is 6.24. The number of nitrogens with zero attached hydrogens (tertiary/aromatic N) is 1. The van der Waals surface area contributed by atoms with Crippen molar-refractivity contribution in [2.75, 3.05) is 0 Å². The van der Waals surface area contributed by atoms with Gasteiger partial charge in [-0.15, -0.1) is 0 Å². The molecule has 15 heavy (non-hydrogen) atoms. The molecule has 0 unspecified atom stereocenters. The van der Waals surface area contributed by atoms with Crippen LogP contribution in [-0.2, 0) is 6.42 Å². The van der Waals surface area contributed by atoms with Crippen molar-refractivity contribution in [1.82, 2.24) is 4.98 Å². The molecular formula is C13H23NO. The highest BCUT2D eigenvalue weighted by Crippen LogP contribution is 2.10. The third kappa shape index (κ3) is 5.60. The van der Waals surface area contributed by atoms with E-state index in [-0.39, 0.29) is 0 Å². The van der Waals surface area contributed by atoms with E-state index in [0.29, 0.717) is 0 Å². The van der Waals surface area contributed by atoms with Crippen LogP contribution in [0.1, 0.15) is 63.5 Å². The van der Waals surface area contributed by atoms with Gasteiger partial charge in [0.25, 0.3) is 0 Å². The van der Waals surface area contributed by atoms with Crippen LogP contribution in [0.15, 0.2) is 10.6 Å². The Bertz CT molecular complexity index is 255. The lowest BCUT2D eigenvalue weighted by atomic mass is 10.1. The molecule has 0 aliphatic carbocycles. The number of hydrogen-bond donors (Lipinski definition) is 0. The van der Waals surface area contributed by atoms with Gasteiger partial charge in [0, 0.05) is 6.42 Å². The van der Waals surface area contributed by atoms with Crippen molar-refractivity contribution in [2.45, 2.75) is 65.2 Å². The van der Waals surface area contributed by atoms with Crippen molar-refractivity contribution in [3.63, 3.8) is 0 Å². The molecule has 0 spiro atoms. The summed E-state index contributed by atoms with van der Waals surface area (Å²) in [5.41, 5.74) is 0. The van der Waals surface area contributed by atoms with Crippen molar-refractivity contribution in [2.24, 2.45) is 0 Å². The SMILES string of the molecule is CCCCCCCCCc1ncc(C)o1. The van der Waals surface area contributed by atoms with Gasteiger partial charge in [0.2, 0.25) is 0 Å². The molecule has 0 aromatic carbocycles. The number of aryl methyl sites for hydroxylation is 2. The first-order valence-electron chi connectivity index (χ1n) is 6.24. The fraction of sp³-hybridized carbons (Fsp3) is 0.769. The summed E-state index contributed by atoms with van der Waals surface area (Å²) in [6, 6.07) is 0. The van der Waals surface area contributed by atoms with Crippen LogP contribution in [0.3, 0.4) is 0 Å². The molecule has 0 aliphatic heterocycles. The van der Waals surface area contributed by atoms with E-state index in [2.05, 4.69) is 11.9 Å². The molecule has 86 valence electrons. The second-order valence-corrected chi connectivity index (χ2v) is 4.24. The van der Waals surface area contributed by atoms with E-state index in [9.17, 15) is 0 Å². The Morgan fingerprint density at radius 3 is 2.33 bits per heavy atom. The van der Waals surface area contributed by atoms with Gasteiger partial charge < -0.3 is 4.42 Å². The Labute approximate surface area is 93.1 Å². The van der Waals surface area contributed by atoms with Crippen molar-refractivity contribution in [3.05, 3.63) is 17.8 Å². The van der Waals surface area contributed by atoms with Crippen LogP contribution in [0.5, 0.6) is 0 Å². The Hall–Kier alpha value is -0.790. The minimum atomic E-state index is 0.904. The van der Waals surface area contributed by atoms with Crippen LogP contribution in [0.2, 0.25) is 0 Å². The van der Waals surface area contributed by atoms with E-state index < -0.39 is 0 Å². The third-order valence-electron chi connectivity index (χ3n) is 2.66. The predicted molar refractivity (Wildman–Crippen MR) is 62.9 cm³/mol. The highest BCUT2D eigenvalue weighted by Gasteiger charge is 1.99. The van der Waals surface area contributed by atoms with Crippen LogP contribution in [-0.4, -0.2) is 4.98 Å². The van der Waals surface area contributed by atoms with E-state index >= 15 is 0 Å². The summed E-state index contributed by atoms with van der Waals surface area (Å²) in [4.78, 5) is 4.20. The molecule has 1 aromatic heterocycles. The molecule has 0 radical (unpaired) electrons. The number of unbranched alkanes of at least 4 members (excludes halogenated alkanes) is 6. The Kier molecular flexibility index (Phi) is 6.14. The maximum atomic E-state index is 5.42. The molecule has 1 heterocycles. The zero-order chi connectivity index (χ0) is 10.9. The third-order valence-corrected chi connectivity index (χ3v) is 2.66. The van der Waals surface area contributed by atoms with Crippen LogP contribution in [0, 0.1) is 6.92 Å². The normalized spacial score (nSPS) is 10.8. The molecule has 2 nitrogen and oxygen atoms in total. The maximum absolute atomic E-state index is 5.42. The Morgan fingerprint density at radius 1 is 1.07 bits per heavy atom. The molecule has 0 saturated heterocycles. The monoisotopic (exact) mass is 209 g/mol. The summed E-state index contributed by atoms with van der Waals surface area (Å²) in [6.45, 7) is 4.20. The molecule has 0 amide bonds. The second-order valence-electron chi connectivity index (χ2n) is 4.24. The summed E-state index contributed by atoms with van der Waals surface area (Å²) < 4.78 is 5.42. The molecule has 0 N–H and O–H groups in total. The number of rotatable bonds is 8. The number of oxazole rings is 1. The summed E-state index contributed by atoms with van der Waals surface area (Å²) in [6.07, 6.45) is 12.2.